The summed E-state index contributed by atoms with van der Waals surface area (Å²) in [5.41, 5.74) is 2.12. The molecule has 1 heterocycles. The molecule has 112 valence electrons. The van der Waals surface area contributed by atoms with Gasteiger partial charge in [0.25, 0.3) is 0 Å². The van der Waals surface area contributed by atoms with Crippen LogP contribution < -0.4 is 0 Å². The maximum Gasteiger partial charge on any atom is 0.374 e. The molecule has 0 unspecified atom stereocenters. The van der Waals surface area contributed by atoms with Gasteiger partial charge >= 0.3 is 5.97 Å². The van der Waals surface area contributed by atoms with Gasteiger partial charge in [-0.05, 0) is 25.1 Å². The first-order valence-corrected chi connectivity index (χ1v) is 7.41. The molecule has 3 rings (SSSR count). The van der Waals surface area contributed by atoms with Crippen molar-refractivity contribution in [2.24, 2.45) is 0 Å². The molecule has 0 aliphatic rings. The highest BCUT2D eigenvalue weighted by Gasteiger charge is 2.19. The molecule has 0 radical (unpaired) electrons. The predicted molar refractivity (Wildman–Crippen MR) is 86.5 cm³/mol. The third-order valence-corrected chi connectivity index (χ3v) is 3.99. The molecule has 0 fully saturated rings. The molecule has 0 atom stereocenters. The quantitative estimate of drug-likeness (QED) is 0.601. The molecule has 0 bridgehead atoms. The summed E-state index contributed by atoms with van der Waals surface area (Å²) in [6.07, 6.45) is 0. The Morgan fingerprint density at radius 1 is 1.18 bits per heavy atom. The Kier molecular flexibility index (Phi) is 4.10. The van der Waals surface area contributed by atoms with Gasteiger partial charge < -0.3 is 9.15 Å². The van der Waals surface area contributed by atoms with E-state index < -0.39 is 5.97 Å². The van der Waals surface area contributed by atoms with Gasteiger partial charge in [-0.2, -0.15) is 0 Å². The fraction of sp³-hybridized carbons (Fsp3) is 0.118. The van der Waals surface area contributed by atoms with Gasteiger partial charge in [0.15, 0.2) is 0 Å². The van der Waals surface area contributed by atoms with Crippen LogP contribution in [0.5, 0.6) is 0 Å². The molecule has 0 saturated heterocycles. The Morgan fingerprint density at radius 3 is 2.68 bits per heavy atom. The van der Waals surface area contributed by atoms with E-state index >= 15 is 0 Å². The number of halogens is 2. The molecule has 0 N–H and O–H groups in total. The van der Waals surface area contributed by atoms with Crippen molar-refractivity contribution in [2.75, 3.05) is 0 Å². The average molecular weight is 335 g/mol. The molecule has 1 aromatic heterocycles. The Hall–Kier alpha value is -1.97. The van der Waals surface area contributed by atoms with E-state index in [0.717, 1.165) is 10.9 Å². The number of benzene rings is 2. The fourth-order valence-electron chi connectivity index (χ4n) is 2.22. The molecule has 0 aliphatic carbocycles. The minimum atomic E-state index is -0.514. The van der Waals surface area contributed by atoms with E-state index in [4.69, 9.17) is 32.4 Å². The lowest BCUT2D eigenvalue weighted by Gasteiger charge is -2.06. The van der Waals surface area contributed by atoms with Crippen LogP contribution in [0.2, 0.25) is 10.0 Å². The van der Waals surface area contributed by atoms with Gasteiger partial charge in [0.05, 0.1) is 0 Å². The highest BCUT2D eigenvalue weighted by molar-refractivity contribution is 6.35. The van der Waals surface area contributed by atoms with Gasteiger partial charge in [-0.3, -0.25) is 0 Å². The maximum atomic E-state index is 12.2. The number of carbonyl (C=O) groups is 1. The molecule has 0 aliphatic heterocycles. The molecule has 3 nitrogen and oxygen atoms in total. The molecule has 0 spiro atoms. The van der Waals surface area contributed by atoms with Crippen molar-refractivity contribution in [2.45, 2.75) is 13.5 Å². The van der Waals surface area contributed by atoms with Crippen molar-refractivity contribution in [1.29, 1.82) is 0 Å². The van der Waals surface area contributed by atoms with Gasteiger partial charge in [-0.15, -0.1) is 0 Å². The van der Waals surface area contributed by atoms with Gasteiger partial charge in [-0.25, -0.2) is 4.79 Å². The van der Waals surface area contributed by atoms with Crippen LogP contribution in [-0.2, 0) is 11.3 Å². The Morgan fingerprint density at radius 2 is 1.95 bits per heavy atom. The van der Waals surface area contributed by atoms with Gasteiger partial charge in [0.1, 0.15) is 12.2 Å². The number of esters is 1. The number of hydrogen-bond donors (Lipinski definition) is 0. The maximum absolute atomic E-state index is 12.2. The van der Waals surface area contributed by atoms with Crippen molar-refractivity contribution in [3.05, 3.63) is 69.4 Å². The van der Waals surface area contributed by atoms with E-state index in [2.05, 4.69) is 0 Å². The van der Waals surface area contributed by atoms with Crippen molar-refractivity contribution in [3.63, 3.8) is 0 Å². The van der Waals surface area contributed by atoms with Gasteiger partial charge in [0.2, 0.25) is 5.76 Å². The Labute approximate surface area is 137 Å². The average Bonchev–Trinajstić information content (AvgIpc) is 2.84. The predicted octanol–water partition coefficient (Wildman–Crippen LogP) is 5.41. The zero-order chi connectivity index (χ0) is 15.7. The van der Waals surface area contributed by atoms with Gasteiger partial charge in [-0.1, -0.05) is 47.5 Å². The van der Waals surface area contributed by atoms with E-state index in [0.29, 0.717) is 21.2 Å². The van der Waals surface area contributed by atoms with Crippen LogP contribution in [-0.4, -0.2) is 5.97 Å². The van der Waals surface area contributed by atoms with Crippen LogP contribution in [0.1, 0.15) is 21.7 Å². The largest absolute Gasteiger partial charge is 0.455 e. The third kappa shape index (κ3) is 2.82. The normalized spacial score (nSPS) is 10.9. The number of hydrogen-bond acceptors (Lipinski definition) is 3. The van der Waals surface area contributed by atoms with E-state index in [-0.39, 0.29) is 12.4 Å². The number of para-hydroxylation sites is 1. The lowest BCUT2D eigenvalue weighted by molar-refractivity contribution is 0.0437. The molecule has 22 heavy (non-hydrogen) atoms. The summed E-state index contributed by atoms with van der Waals surface area (Å²) in [6.45, 7) is 1.89. The van der Waals surface area contributed by atoms with E-state index in [1.807, 2.05) is 31.2 Å². The topological polar surface area (TPSA) is 39.4 Å². The molecular weight excluding hydrogens is 323 g/mol. The van der Waals surface area contributed by atoms with E-state index in [1.165, 1.54) is 0 Å². The standard InChI is InChI=1S/C17H12Cl2O3/c1-10-13-4-2-3-5-15(13)22-16(10)17(20)21-9-11-6-7-12(18)8-14(11)19/h2-8H,9H2,1H3. The first-order chi connectivity index (χ1) is 10.6. The summed E-state index contributed by atoms with van der Waals surface area (Å²) in [4.78, 5) is 12.2. The number of carbonyl (C=O) groups excluding carboxylic acids is 1. The highest BCUT2D eigenvalue weighted by atomic mass is 35.5. The SMILES string of the molecule is Cc1c(C(=O)OCc2ccc(Cl)cc2Cl)oc2ccccc12. The van der Waals surface area contributed by atoms with Crippen LogP contribution in [0.15, 0.2) is 46.9 Å². The highest BCUT2D eigenvalue weighted by Crippen LogP contribution is 2.26. The zero-order valence-corrected chi connectivity index (χ0v) is 13.2. The molecule has 0 saturated carbocycles. The summed E-state index contributed by atoms with van der Waals surface area (Å²) in [5, 5.41) is 1.90. The molecule has 3 aromatic rings. The summed E-state index contributed by atoms with van der Waals surface area (Å²) in [5.74, 6) is -0.300. The summed E-state index contributed by atoms with van der Waals surface area (Å²) >= 11 is 11.9. The number of rotatable bonds is 3. The van der Waals surface area contributed by atoms with Crippen LogP contribution in [0, 0.1) is 6.92 Å². The van der Waals surface area contributed by atoms with Crippen molar-refractivity contribution in [3.8, 4) is 0 Å². The lowest BCUT2D eigenvalue weighted by Crippen LogP contribution is -2.05. The van der Waals surface area contributed by atoms with Crippen molar-refractivity contribution in [1.82, 2.24) is 0 Å². The number of aryl methyl sites for hydroxylation is 1. The first kappa shape index (κ1) is 14.9. The third-order valence-electron chi connectivity index (χ3n) is 3.40. The second-order valence-corrected chi connectivity index (χ2v) is 5.71. The Balaban J connectivity index is 1.80. The molecule has 2 aromatic carbocycles. The lowest BCUT2D eigenvalue weighted by atomic mass is 10.1. The van der Waals surface area contributed by atoms with Crippen LogP contribution in [0.4, 0.5) is 0 Å². The smallest absolute Gasteiger partial charge is 0.374 e. The van der Waals surface area contributed by atoms with Crippen molar-refractivity contribution >= 4 is 40.1 Å². The molecule has 5 heteroatoms. The van der Waals surface area contributed by atoms with Gasteiger partial charge in [0, 0.05) is 26.6 Å². The molecule has 0 amide bonds. The van der Waals surface area contributed by atoms with Crippen LogP contribution in [0.25, 0.3) is 11.0 Å². The second kappa shape index (κ2) is 6.03. The van der Waals surface area contributed by atoms with E-state index in [1.54, 1.807) is 18.2 Å². The second-order valence-electron chi connectivity index (χ2n) is 4.86. The summed E-state index contributed by atoms with van der Waals surface area (Å²) in [6, 6.07) is 12.5. The van der Waals surface area contributed by atoms with Crippen molar-refractivity contribution < 1.29 is 13.9 Å². The molecular formula is C17H12Cl2O3. The fourth-order valence-corrected chi connectivity index (χ4v) is 2.68. The monoisotopic (exact) mass is 334 g/mol. The summed E-state index contributed by atoms with van der Waals surface area (Å²) in [7, 11) is 0. The number of furan rings is 1. The number of ether oxygens (including phenoxy) is 1. The minimum absolute atomic E-state index is 0.0608. The van der Waals surface area contributed by atoms with Crippen LogP contribution in [0.3, 0.4) is 0 Å². The minimum Gasteiger partial charge on any atom is -0.455 e. The summed E-state index contributed by atoms with van der Waals surface area (Å²) < 4.78 is 10.9. The Bertz CT molecular complexity index is 852. The van der Waals surface area contributed by atoms with Crippen LogP contribution >= 0.6 is 23.2 Å². The number of fused-ring (bicyclic) bond motifs is 1. The first-order valence-electron chi connectivity index (χ1n) is 6.65. The zero-order valence-electron chi connectivity index (χ0n) is 11.7. The van der Waals surface area contributed by atoms with E-state index in [9.17, 15) is 4.79 Å².